The molecule has 4 N–H and O–H groups in total. The second-order valence-electron chi connectivity index (χ2n) is 7.22. The lowest BCUT2D eigenvalue weighted by Crippen LogP contribution is -2.27. The normalized spacial score (nSPS) is 10.8. The van der Waals surface area contributed by atoms with E-state index in [4.69, 9.17) is 21.3 Å². The molecule has 9 heteroatoms. The first kappa shape index (κ1) is 21.6. The van der Waals surface area contributed by atoms with Crippen molar-refractivity contribution in [2.45, 2.75) is 33.3 Å². The minimum Gasteiger partial charge on any atom is -0.497 e. The molecule has 1 aromatic heterocycles. The molecule has 2 rings (SSSR count). The Morgan fingerprint density at radius 3 is 2.59 bits per heavy atom. The number of H-pyrrole nitrogens is 1. The van der Waals surface area contributed by atoms with E-state index < -0.39 is 17.4 Å². The summed E-state index contributed by atoms with van der Waals surface area (Å²) in [5.41, 5.74) is 0.126. The number of anilines is 2. The van der Waals surface area contributed by atoms with Gasteiger partial charge in [0.25, 0.3) is 0 Å². The number of hydrogen-bond acceptors (Lipinski definition) is 6. The molecule has 1 aromatic carbocycles. The van der Waals surface area contributed by atoms with Crippen LogP contribution in [0, 0.1) is 17.8 Å². The van der Waals surface area contributed by atoms with Crippen LogP contribution in [0.3, 0.4) is 0 Å². The number of carbonyl (C=O) groups is 1. The van der Waals surface area contributed by atoms with Gasteiger partial charge in [0.05, 0.1) is 25.1 Å². The highest BCUT2D eigenvalue weighted by atomic mass is 16.6. The molecule has 0 spiro atoms. The van der Waals surface area contributed by atoms with Gasteiger partial charge in [0.1, 0.15) is 22.9 Å². The predicted octanol–water partition coefficient (Wildman–Crippen LogP) is 2.95. The van der Waals surface area contributed by atoms with E-state index in [1.54, 1.807) is 45.9 Å². The molecule has 0 radical (unpaired) electrons. The lowest BCUT2D eigenvalue weighted by Gasteiger charge is -2.20. The monoisotopic (exact) mass is 399 g/mol. The minimum atomic E-state index is -0.661. The van der Waals surface area contributed by atoms with E-state index in [9.17, 15) is 9.59 Å². The number of hydrogen-bond donors (Lipinski definition) is 4. The topological polar surface area (TPSA) is 121 Å². The molecule has 0 saturated heterocycles. The second-order valence-corrected chi connectivity index (χ2v) is 7.22. The zero-order valence-electron chi connectivity index (χ0n) is 17.1. The first-order chi connectivity index (χ1) is 13.6. The molecule has 0 bridgehead atoms. The summed E-state index contributed by atoms with van der Waals surface area (Å²) in [4.78, 5) is 27.4. The van der Waals surface area contributed by atoms with Gasteiger partial charge < -0.3 is 25.2 Å². The van der Waals surface area contributed by atoms with E-state index in [0.29, 0.717) is 28.6 Å². The van der Waals surface area contributed by atoms with Gasteiger partial charge in [-0.25, -0.2) is 14.2 Å². The highest BCUT2D eigenvalue weighted by Crippen LogP contribution is 2.26. The minimum absolute atomic E-state index is 0.157. The van der Waals surface area contributed by atoms with Crippen molar-refractivity contribution in [3.8, 4) is 23.8 Å². The molecule has 9 nitrogen and oxygen atoms in total. The van der Waals surface area contributed by atoms with Crippen molar-refractivity contribution in [1.82, 2.24) is 9.55 Å². The summed E-state index contributed by atoms with van der Waals surface area (Å²) in [7, 11) is 1.47. The Morgan fingerprint density at radius 1 is 1.34 bits per heavy atom. The van der Waals surface area contributed by atoms with E-state index in [1.807, 2.05) is 0 Å². The van der Waals surface area contributed by atoms with Crippen LogP contribution < -0.4 is 21.1 Å². The van der Waals surface area contributed by atoms with E-state index in [-0.39, 0.29) is 12.3 Å². The first-order valence-electron chi connectivity index (χ1n) is 8.83. The van der Waals surface area contributed by atoms with Gasteiger partial charge in [-0.1, -0.05) is 5.92 Å². The van der Waals surface area contributed by atoms with Crippen molar-refractivity contribution in [1.29, 1.82) is 5.41 Å². The third-order valence-electron chi connectivity index (χ3n) is 3.66. The fraction of sp³-hybridized carbons (Fsp3) is 0.350. The SMILES string of the molecule is C#CCNc1c(C(C)=N)[nH]c(=O)n1-c1cc(NC(=O)OC(C)(C)C)cc(OC)c1. The summed E-state index contributed by atoms with van der Waals surface area (Å²) in [6.45, 7) is 6.98. The van der Waals surface area contributed by atoms with Crippen LogP contribution >= 0.6 is 0 Å². The lowest BCUT2D eigenvalue weighted by atomic mass is 10.2. The predicted molar refractivity (Wildman–Crippen MR) is 113 cm³/mol. The molecule has 0 aliphatic rings. The summed E-state index contributed by atoms with van der Waals surface area (Å²) >= 11 is 0. The van der Waals surface area contributed by atoms with Gasteiger partial charge >= 0.3 is 11.8 Å². The number of carbonyl (C=O) groups excluding carboxylic acids is 1. The van der Waals surface area contributed by atoms with Gasteiger partial charge in [-0.2, -0.15) is 0 Å². The van der Waals surface area contributed by atoms with Crippen molar-refractivity contribution in [3.63, 3.8) is 0 Å². The second kappa shape index (κ2) is 8.56. The highest BCUT2D eigenvalue weighted by molar-refractivity contribution is 5.99. The summed E-state index contributed by atoms with van der Waals surface area (Å²) < 4.78 is 11.9. The molecule has 0 unspecified atom stereocenters. The summed E-state index contributed by atoms with van der Waals surface area (Å²) in [6.07, 6.45) is 4.69. The number of methoxy groups -OCH3 is 1. The smallest absolute Gasteiger partial charge is 0.412 e. The maximum atomic E-state index is 12.6. The van der Waals surface area contributed by atoms with Gasteiger partial charge in [0, 0.05) is 17.8 Å². The third-order valence-corrected chi connectivity index (χ3v) is 3.66. The molecule has 0 atom stereocenters. The van der Waals surface area contributed by atoms with Gasteiger partial charge in [-0.15, -0.1) is 6.42 Å². The maximum Gasteiger partial charge on any atom is 0.412 e. The molecule has 2 aromatic rings. The van der Waals surface area contributed by atoms with Crippen LogP contribution in [0.25, 0.3) is 5.69 Å². The molecular formula is C20H25N5O4. The van der Waals surface area contributed by atoms with Crippen LogP contribution in [0.5, 0.6) is 5.75 Å². The van der Waals surface area contributed by atoms with Crippen LogP contribution in [0.1, 0.15) is 33.4 Å². The van der Waals surface area contributed by atoms with E-state index in [2.05, 4.69) is 21.5 Å². The summed E-state index contributed by atoms with van der Waals surface area (Å²) in [5, 5.41) is 13.5. The maximum absolute atomic E-state index is 12.6. The van der Waals surface area contributed by atoms with Crippen LogP contribution in [0.4, 0.5) is 16.3 Å². The number of nitrogens with zero attached hydrogens (tertiary/aromatic N) is 1. The Kier molecular flexibility index (Phi) is 6.38. The van der Waals surface area contributed by atoms with Crippen LogP contribution in [0.15, 0.2) is 23.0 Å². The van der Waals surface area contributed by atoms with E-state index in [0.717, 1.165) is 0 Å². The molecule has 0 aliphatic heterocycles. The zero-order valence-corrected chi connectivity index (χ0v) is 17.1. The number of terminal acetylenes is 1. The largest absolute Gasteiger partial charge is 0.497 e. The molecule has 29 heavy (non-hydrogen) atoms. The highest BCUT2D eigenvalue weighted by Gasteiger charge is 2.20. The lowest BCUT2D eigenvalue weighted by molar-refractivity contribution is 0.0636. The first-order valence-corrected chi connectivity index (χ1v) is 8.83. The van der Waals surface area contributed by atoms with Crippen LogP contribution in [-0.2, 0) is 4.74 Å². The van der Waals surface area contributed by atoms with Crippen molar-refractivity contribution in [3.05, 3.63) is 34.4 Å². The molecule has 0 saturated carbocycles. The summed E-state index contributed by atoms with van der Waals surface area (Å²) in [6, 6.07) is 4.81. The average Bonchev–Trinajstić information content (AvgIpc) is 2.94. The van der Waals surface area contributed by atoms with Crippen LogP contribution in [0.2, 0.25) is 0 Å². The molecular weight excluding hydrogens is 374 g/mol. The van der Waals surface area contributed by atoms with Crippen molar-refractivity contribution >= 4 is 23.3 Å². The van der Waals surface area contributed by atoms with E-state index in [1.165, 1.54) is 11.7 Å². The number of ether oxygens (including phenoxy) is 2. The number of nitrogens with one attached hydrogen (secondary N) is 4. The molecule has 0 aliphatic carbocycles. The quantitative estimate of drug-likeness (QED) is 0.440. The molecule has 0 fully saturated rings. The number of aromatic amines is 1. The van der Waals surface area contributed by atoms with Gasteiger partial charge in [0.2, 0.25) is 0 Å². The fourth-order valence-corrected chi connectivity index (χ4v) is 2.58. The summed E-state index contributed by atoms with van der Waals surface area (Å²) in [5.74, 6) is 3.20. The standard InChI is InChI=1S/C20H25N5O4/c1-7-8-22-17-16(12(2)21)24-18(26)25(17)14-9-13(10-15(11-14)28-6)23-19(27)29-20(3,4)5/h1,9-11,21-22H,8H2,2-6H3,(H,23,27)(H,24,26). The van der Waals surface area contributed by atoms with Gasteiger partial charge in [-0.05, 0) is 33.8 Å². The number of imidazole rings is 1. The van der Waals surface area contributed by atoms with Gasteiger partial charge in [0.15, 0.2) is 0 Å². The number of benzene rings is 1. The average molecular weight is 399 g/mol. The van der Waals surface area contributed by atoms with E-state index >= 15 is 0 Å². The Labute approximate surface area is 168 Å². The molecule has 1 amide bonds. The molecule has 154 valence electrons. The number of rotatable bonds is 6. The van der Waals surface area contributed by atoms with Crippen molar-refractivity contribution in [2.75, 3.05) is 24.3 Å². The Balaban J connectivity index is 2.55. The fourth-order valence-electron chi connectivity index (χ4n) is 2.58. The third kappa shape index (κ3) is 5.42. The van der Waals surface area contributed by atoms with Crippen molar-refractivity contribution < 1.29 is 14.3 Å². The molecule has 1 heterocycles. The Bertz CT molecular complexity index is 1020. The Morgan fingerprint density at radius 2 is 2.03 bits per heavy atom. The number of aromatic nitrogens is 2. The number of amides is 1. The van der Waals surface area contributed by atoms with Crippen LogP contribution in [-0.4, -0.2) is 40.6 Å². The van der Waals surface area contributed by atoms with Crippen molar-refractivity contribution in [2.24, 2.45) is 0 Å². The zero-order chi connectivity index (χ0) is 21.8. The van der Waals surface area contributed by atoms with Gasteiger partial charge in [-0.3, -0.25) is 5.32 Å². The Hall–Kier alpha value is -3.67.